The Kier molecular flexibility index (Phi) is 6.16. The number of carbonyl (C=O) groups excluding carboxylic acids is 2. The Morgan fingerprint density at radius 3 is 3.00 bits per heavy atom. The topological polar surface area (TPSA) is 88.0 Å². The summed E-state index contributed by atoms with van der Waals surface area (Å²) in [6.45, 7) is 2.92. The van der Waals surface area contributed by atoms with Crippen molar-refractivity contribution in [3.8, 4) is 0 Å². The number of imidazole rings is 1. The maximum Gasteiger partial charge on any atom is 0.251 e. The molecule has 2 heterocycles. The molecule has 0 atom stereocenters. The largest absolute Gasteiger partial charge is 0.348 e. The van der Waals surface area contributed by atoms with Gasteiger partial charge in [-0.05, 0) is 31.2 Å². The van der Waals surface area contributed by atoms with Gasteiger partial charge in [-0.3, -0.25) is 9.59 Å². The van der Waals surface area contributed by atoms with Crippen LogP contribution in [-0.4, -0.2) is 41.0 Å². The number of aryl methyl sites for hydroxylation is 1. The van der Waals surface area contributed by atoms with Gasteiger partial charge in [0.05, 0.1) is 6.33 Å². The van der Waals surface area contributed by atoms with Crippen LogP contribution in [0.2, 0.25) is 0 Å². The molecule has 7 heteroatoms. The van der Waals surface area contributed by atoms with Crippen LogP contribution >= 0.6 is 0 Å². The second-order valence-corrected chi connectivity index (χ2v) is 6.18. The Hall–Kier alpha value is -2.93. The first-order valence-corrected chi connectivity index (χ1v) is 8.73. The fraction of sp³-hybridized carbons (Fsp3) is 0.316. The lowest BCUT2D eigenvalue weighted by atomic mass is 10.1. The van der Waals surface area contributed by atoms with E-state index in [9.17, 15) is 9.59 Å². The highest BCUT2D eigenvalue weighted by Gasteiger charge is 2.10. The molecular formula is C19H23N5O2. The van der Waals surface area contributed by atoms with Crippen molar-refractivity contribution in [1.29, 1.82) is 0 Å². The van der Waals surface area contributed by atoms with Crippen molar-refractivity contribution in [2.45, 2.75) is 19.4 Å². The summed E-state index contributed by atoms with van der Waals surface area (Å²) < 4.78 is 1.85. The first-order chi connectivity index (χ1) is 12.7. The van der Waals surface area contributed by atoms with Crippen molar-refractivity contribution in [3.05, 3.63) is 60.2 Å². The number of aromatic nitrogens is 2. The Balaban J connectivity index is 1.51. The van der Waals surface area contributed by atoms with Gasteiger partial charge in [-0.25, -0.2) is 4.98 Å². The highest BCUT2D eigenvalue weighted by molar-refractivity contribution is 5.97. The molecule has 3 N–H and O–H groups in total. The van der Waals surface area contributed by atoms with Crippen LogP contribution in [0.5, 0.6) is 0 Å². The molecule has 136 valence electrons. The summed E-state index contributed by atoms with van der Waals surface area (Å²) in [7, 11) is 0. The molecule has 0 saturated carbocycles. The van der Waals surface area contributed by atoms with Crippen molar-refractivity contribution in [2.75, 3.05) is 25.0 Å². The Labute approximate surface area is 152 Å². The number of hydrogen-bond acceptors (Lipinski definition) is 4. The van der Waals surface area contributed by atoms with E-state index >= 15 is 0 Å². The van der Waals surface area contributed by atoms with Crippen LogP contribution in [0.3, 0.4) is 0 Å². The smallest absolute Gasteiger partial charge is 0.251 e. The van der Waals surface area contributed by atoms with E-state index in [1.165, 1.54) is 5.57 Å². The lowest BCUT2D eigenvalue weighted by Gasteiger charge is -2.14. The molecule has 0 aliphatic carbocycles. The molecule has 26 heavy (non-hydrogen) atoms. The van der Waals surface area contributed by atoms with E-state index in [2.05, 4.69) is 27.0 Å². The number of nitrogens with one attached hydrogen (secondary N) is 3. The maximum absolute atomic E-state index is 12.3. The molecule has 1 aliphatic rings. The highest BCUT2D eigenvalue weighted by atomic mass is 16.2. The second kappa shape index (κ2) is 8.96. The molecule has 1 aromatic carbocycles. The van der Waals surface area contributed by atoms with Gasteiger partial charge in [0.2, 0.25) is 5.91 Å². The molecule has 2 amide bonds. The van der Waals surface area contributed by atoms with Crippen LogP contribution in [0.4, 0.5) is 5.69 Å². The van der Waals surface area contributed by atoms with Gasteiger partial charge in [-0.2, -0.15) is 0 Å². The maximum atomic E-state index is 12.3. The number of carbonyl (C=O) groups is 2. The minimum absolute atomic E-state index is 0.101. The third-order valence-electron chi connectivity index (χ3n) is 4.20. The Morgan fingerprint density at radius 2 is 2.23 bits per heavy atom. The summed E-state index contributed by atoms with van der Waals surface area (Å²) in [5.41, 5.74) is 2.39. The van der Waals surface area contributed by atoms with Gasteiger partial charge in [0.25, 0.3) is 5.91 Å². The van der Waals surface area contributed by atoms with E-state index in [0.29, 0.717) is 30.8 Å². The molecule has 0 bridgehead atoms. The summed E-state index contributed by atoms with van der Waals surface area (Å²) in [6.07, 6.45) is 8.58. The van der Waals surface area contributed by atoms with E-state index in [-0.39, 0.29) is 11.8 Å². The van der Waals surface area contributed by atoms with E-state index in [1.807, 2.05) is 10.8 Å². The highest BCUT2D eigenvalue weighted by Crippen LogP contribution is 2.12. The monoisotopic (exact) mass is 353 g/mol. The first kappa shape index (κ1) is 17.9. The Morgan fingerprint density at radius 1 is 1.31 bits per heavy atom. The molecule has 2 aromatic rings. The van der Waals surface area contributed by atoms with Gasteiger partial charge in [0, 0.05) is 49.7 Å². The van der Waals surface area contributed by atoms with E-state index in [4.69, 9.17) is 0 Å². The summed E-state index contributed by atoms with van der Waals surface area (Å²) in [6, 6.07) is 6.99. The average molecular weight is 353 g/mol. The van der Waals surface area contributed by atoms with Crippen LogP contribution in [0.1, 0.15) is 23.2 Å². The van der Waals surface area contributed by atoms with Gasteiger partial charge in [-0.15, -0.1) is 0 Å². The molecule has 0 fully saturated rings. The van der Waals surface area contributed by atoms with Crippen LogP contribution in [-0.2, 0) is 11.3 Å². The molecular weight excluding hydrogens is 330 g/mol. The van der Waals surface area contributed by atoms with Crippen LogP contribution in [0.15, 0.2) is 54.6 Å². The third-order valence-corrected chi connectivity index (χ3v) is 4.20. The number of nitrogens with zero attached hydrogens (tertiary/aromatic N) is 2. The minimum atomic E-state index is -0.140. The molecule has 0 unspecified atom stereocenters. The zero-order valence-electron chi connectivity index (χ0n) is 14.6. The van der Waals surface area contributed by atoms with Crippen molar-refractivity contribution in [1.82, 2.24) is 20.2 Å². The van der Waals surface area contributed by atoms with Crippen LogP contribution in [0.25, 0.3) is 0 Å². The summed E-state index contributed by atoms with van der Waals surface area (Å²) in [5.74, 6) is -0.241. The SMILES string of the molecule is O=C(CCn1ccnc1)Nc1cccc(C(=O)NCC2=CCNCC2)c1. The van der Waals surface area contributed by atoms with Crippen molar-refractivity contribution < 1.29 is 9.59 Å². The van der Waals surface area contributed by atoms with Gasteiger partial charge in [0.1, 0.15) is 0 Å². The lowest BCUT2D eigenvalue weighted by molar-refractivity contribution is -0.116. The normalized spacial score (nSPS) is 13.8. The number of amides is 2. The standard InChI is InChI=1S/C19H23N5O2/c25-18(6-10-24-11-9-21-14-24)23-17-3-1-2-16(12-17)19(26)22-13-15-4-7-20-8-5-15/h1-4,9,11-12,14,20H,5-8,10,13H2,(H,22,26)(H,23,25). The molecule has 0 spiro atoms. The minimum Gasteiger partial charge on any atom is -0.348 e. The summed E-state index contributed by atoms with van der Waals surface area (Å²) in [5, 5.41) is 9.01. The van der Waals surface area contributed by atoms with Crippen molar-refractivity contribution in [3.63, 3.8) is 0 Å². The van der Waals surface area contributed by atoms with E-state index in [0.717, 1.165) is 19.5 Å². The van der Waals surface area contributed by atoms with E-state index < -0.39 is 0 Å². The number of hydrogen-bond donors (Lipinski definition) is 3. The van der Waals surface area contributed by atoms with Crippen molar-refractivity contribution >= 4 is 17.5 Å². The fourth-order valence-electron chi connectivity index (χ4n) is 2.74. The molecule has 0 radical (unpaired) electrons. The third kappa shape index (κ3) is 5.29. The molecule has 0 saturated heterocycles. The average Bonchev–Trinajstić information content (AvgIpc) is 3.19. The number of anilines is 1. The van der Waals surface area contributed by atoms with E-state index in [1.54, 1.807) is 36.8 Å². The van der Waals surface area contributed by atoms with Crippen molar-refractivity contribution in [2.24, 2.45) is 0 Å². The second-order valence-electron chi connectivity index (χ2n) is 6.18. The van der Waals surface area contributed by atoms with Crippen LogP contribution < -0.4 is 16.0 Å². The summed E-state index contributed by atoms with van der Waals surface area (Å²) in [4.78, 5) is 28.3. The zero-order chi connectivity index (χ0) is 18.2. The lowest BCUT2D eigenvalue weighted by Crippen LogP contribution is -2.29. The first-order valence-electron chi connectivity index (χ1n) is 8.73. The Bertz CT molecular complexity index is 783. The van der Waals surface area contributed by atoms with Gasteiger partial charge < -0.3 is 20.5 Å². The van der Waals surface area contributed by atoms with Gasteiger partial charge in [0.15, 0.2) is 0 Å². The molecule has 3 rings (SSSR count). The molecule has 1 aliphatic heterocycles. The zero-order valence-corrected chi connectivity index (χ0v) is 14.6. The summed E-state index contributed by atoms with van der Waals surface area (Å²) >= 11 is 0. The number of benzene rings is 1. The van der Waals surface area contributed by atoms with Gasteiger partial charge in [-0.1, -0.05) is 17.7 Å². The van der Waals surface area contributed by atoms with Crippen LogP contribution in [0, 0.1) is 0 Å². The predicted octanol–water partition coefficient (Wildman–Crippen LogP) is 1.56. The van der Waals surface area contributed by atoms with Gasteiger partial charge >= 0.3 is 0 Å². The molecule has 7 nitrogen and oxygen atoms in total. The predicted molar refractivity (Wildman–Crippen MR) is 99.8 cm³/mol. The molecule has 1 aromatic heterocycles. The quantitative estimate of drug-likeness (QED) is 0.659. The fourth-order valence-corrected chi connectivity index (χ4v) is 2.74. The number of rotatable bonds is 7.